The second-order valence-electron chi connectivity index (χ2n) is 4.51. The topological polar surface area (TPSA) is 40.5 Å². The Kier molecular flexibility index (Phi) is 3.93. The van der Waals surface area contributed by atoms with E-state index >= 15 is 0 Å². The third kappa shape index (κ3) is 2.47. The van der Waals surface area contributed by atoms with Crippen molar-refractivity contribution in [2.45, 2.75) is 52.1 Å². The van der Waals surface area contributed by atoms with Crippen LogP contribution >= 0.6 is 0 Å². The highest BCUT2D eigenvalue weighted by Crippen LogP contribution is 2.24. The number of carboxylic acids is 1. The molecule has 82 valence electrons. The third-order valence-corrected chi connectivity index (χ3v) is 3.27. The lowest BCUT2D eigenvalue weighted by molar-refractivity contribution is -0.144. The number of nitrogens with zero attached hydrogens (tertiary/aromatic N) is 1. The zero-order valence-corrected chi connectivity index (χ0v) is 9.36. The predicted octanol–water partition coefficient (Wildman–Crippen LogP) is 1.97. The lowest BCUT2D eigenvalue weighted by Gasteiger charge is -2.33. The summed E-state index contributed by atoms with van der Waals surface area (Å²) in [7, 11) is 0. The Balaban J connectivity index is 2.73. The SMILES string of the molecule is CC(C)N1CCCC[C@H](C(=O)O)[C@H]1C. The molecule has 0 aromatic rings. The molecule has 14 heavy (non-hydrogen) atoms. The molecule has 0 spiro atoms. The van der Waals surface area contributed by atoms with Gasteiger partial charge in [-0.2, -0.15) is 0 Å². The minimum absolute atomic E-state index is 0.176. The first-order chi connectivity index (χ1) is 6.54. The van der Waals surface area contributed by atoms with Crippen LogP contribution in [0.25, 0.3) is 0 Å². The fourth-order valence-corrected chi connectivity index (χ4v) is 2.39. The maximum atomic E-state index is 11.1. The number of carbonyl (C=O) groups is 1. The van der Waals surface area contributed by atoms with E-state index in [0.717, 1.165) is 25.8 Å². The Hall–Kier alpha value is -0.570. The van der Waals surface area contributed by atoms with E-state index < -0.39 is 5.97 Å². The molecule has 1 N–H and O–H groups in total. The first-order valence-corrected chi connectivity index (χ1v) is 5.52. The van der Waals surface area contributed by atoms with Crippen LogP contribution in [0.15, 0.2) is 0 Å². The number of hydrogen-bond donors (Lipinski definition) is 1. The van der Waals surface area contributed by atoms with Gasteiger partial charge in [0.05, 0.1) is 5.92 Å². The van der Waals surface area contributed by atoms with Gasteiger partial charge in [-0.25, -0.2) is 0 Å². The molecule has 0 aliphatic carbocycles. The summed E-state index contributed by atoms with van der Waals surface area (Å²) >= 11 is 0. The van der Waals surface area contributed by atoms with Gasteiger partial charge in [0.15, 0.2) is 0 Å². The van der Waals surface area contributed by atoms with Gasteiger partial charge < -0.3 is 5.11 Å². The van der Waals surface area contributed by atoms with Gasteiger partial charge >= 0.3 is 5.97 Å². The summed E-state index contributed by atoms with van der Waals surface area (Å²) < 4.78 is 0. The molecule has 3 nitrogen and oxygen atoms in total. The zero-order valence-electron chi connectivity index (χ0n) is 9.36. The number of carboxylic acid groups (broad SMARTS) is 1. The minimum atomic E-state index is -0.634. The highest BCUT2D eigenvalue weighted by atomic mass is 16.4. The summed E-state index contributed by atoms with van der Waals surface area (Å²) in [4.78, 5) is 13.4. The van der Waals surface area contributed by atoms with E-state index in [0.29, 0.717) is 6.04 Å². The maximum Gasteiger partial charge on any atom is 0.308 e. The van der Waals surface area contributed by atoms with Crippen molar-refractivity contribution >= 4 is 5.97 Å². The average Bonchev–Trinajstić information content (AvgIpc) is 2.26. The van der Waals surface area contributed by atoms with Crippen LogP contribution in [0.5, 0.6) is 0 Å². The van der Waals surface area contributed by atoms with Gasteiger partial charge in [-0.3, -0.25) is 9.69 Å². The van der Waals surface area contributed by atoms with Crippen LogP contribution in [-0.4, -0.2) is 34.6 Å². The lowest BCUT2D eigenvalue weighted by Crippen LogP contribution is -2.44. The smallest absolute Gasteiger partial charge is 0.308 e. The first-order valence-electron chi connectivity index (χ1n) is 5.52. The van der Waals surface area contributed by atoms with Crippen LogP contribution in [0.4, 0.5) is 0 Å². The standard InChI is InChI=1S/C11H21NO2/c1-8(2)12-7-5-4-6-10(9(12)3)11(13)14/h8-10H,4-7H2,1-3H3,(H,13,14)/t9-,10+/m1/s1. The van der Waals surface area contributed by atoms with Crippen molar-refractivity contribution in [1.82, 2.24) is 4.90 Å². The van der Waals surface area contributed by atoms with Crippen molar-refractivity contribution in [2.75, 3.05) is 6.54 Å². The van der Waals surface area contributed by atoms with E-state index in [4.69, 9.17) is 5.11 Å². The molecule has 1 aliphatic heterocycles. The molecular weight excluding hydrogens is 178 g/mol. The number of aliphatic carboxylic acids is 1. The van der Waals surface area contributed by atoms with E-state index in [9.17, 15) is 4.79 Å². The van der Waals surface area contributed by atoms with Crippen LogP contribution in [0.3, 0.4) is 0 Å². The molecule has 1 heterocycles. The molecule has 0 aromatic heterocycles. The molecule has 1 saturated heterocycles. The summed E-state index contributed by atoms with van der Waals surface area (Å²) in [6.45, 7) is 7.37. The van der Waals surface area contributed by atoms with Crippen LogP contribution in [0.1, 0.15) is 40.0 Å². The van der Waals surface area contributed by atoms with E-state index in [1.54, 1.807) is 0 Å². The van der Waals surface area contributed by atoms with Gasteiger partial charge in [-0.1, -0.05) is 6.42 Å². The van der Waals surface area contributed by atoms with Crippen molar-refractivity contribution < 1.29 is 9.90 Å². The van der Waals surface area contributed by atoms with E-state index in [1.165, 1.54) is 0 Å². The van der Waals surface area contributed by atoms with Crippen LogP contribution < -0.4 is 0 Å². The van der Waals surface area contributed by atoms with E-state index in [1.807, 2.05) is 6.92 Å². The zero-order chi connectivity index (χ0) is 10.7. The van der Waals surface area contributed by atoms with Gasteiger partial charge in [0.25, 0.3) is 0 Å². The van der Waals surface area contributed by atoms with Crippen LogP contribution in [0, 0.1) is 5.92 Å². The monoisotopic (exact) mass is 199 g/mol. The molecule has 0 aromatic carbocycles. The predicted molar refractivity (Wildman–Crippen MR) is 56.3 cm³/mol. The molecular formula is C11H21NO2. The molecule has 0 saturated carbocycles. The summed E-state index contributed by atoms with van der Waals surface area (Å²) in [5.41, 5.74) is 0. The first kappa shape index (κ1) is 11.5. The number of hydrogen-bond acceptors (Lipinski definition) is 2. The average molecular weight is 199 g/mol. The molecule has 0 unspecified atom stereocenters. The Labute approximate surface area is 86.1 Å². The van der Waals surface area contributed by atoms with E-state index in [-0.39, 0.29) is 12.0 Å². The Morgan fingerprint density at radius 1 is 1.43 bits per heavy atom. The highest BCUT2D eigenvalue weighted by Gasteiger charge is 2.32. The lowest BCUT2D eigenvalue weighted by atomic mass is 9.96. The molecule has 0 bridgehead atoms. The van der Waals surface area contributed by atoms with Gasteiger partial charge in [0.1, 0.15) is 0 Å². The normalized spacial score (nSPS) is 30.3. The van der Waals surface area contributed by atoms with Gasteiger partial charge in [-0.05, 0) is 40.2 Å². The Bertz CT molecular complexity index is 203. The summed E-state index contributed by atoms with van der Waals surface area (Å²) in [6.07, 6.45) is 3.01. The summed E-state index contributed by atoms with van der Waals surface area (Å²) in [5, 5.41) is 9.11. The molecule has 3 heteroatoms. The maximum absolute atomic E-state index is 11.1. The molecule has 0 amide bonds. The fraction of sp³-hybridized carbons (Fsp3) is 0.909. The highest BCUT2D eigenvalue weighted by molar-refractivity contribution is 5.70. The van der Waals surface area contributed by atoms with Crippen molar-refractivity contribution in [3.05, 3.63) is 0 Å². The van der Waals surface area contributed by atoms with Crippen molar-refractivity contribution in [2.24, 2.45) is 5.92 Å². The summed E-state index contributed by atoms with van der Waals surface area (Å²) in [5.74, 6) is -0.815. The quantitative estimate of drug-likeness (QED) is 0.739. The second kappa shape index (κ2) is 4.78. The minimum Gasteiger partial charge on any atom is -0.481 e. The van der Waals surface area contributed by atoms with Gasteiger partial charge in [0, 0.05) is 12.1 Å². The van der Waals surface area contributed by atoms with E-state index in [2.05, 4.69) is 18.7 Å². The van der Waals surface area contributed by atoms with Gasteiger partial charge in [-0.15, -0.1) is 0 Å². The molecule has 1 rings (SSSR count). The Morgan fingerprint density at radius 3 is 2.57 bits per heavy atom. The number of rotatable bonds is 2. The second-order valence-corrected chi connectivity index (χ2v) is 4.51. The Morgan fingerprint density at radius 2 is 2.07 bits per heavy atom. The van der Waals surface area contributed by atoms with Crippen molar-refractivity contribution in [3.8, 4) is 0 Å². The van der Waals surface area contributed by atoms with Crippen molar-refractivity contribution in [1.29, 1.82) is 0 Å². The number of likely N-dealkylation sites (tertiary alicyclic amines) is 1. The van der Waals surface area contributed by atoms with Crippen molar-refractivity contribution in [3.63, 3.8) is 0 Å². The largest absolute Gasteiger partial charge is 0.481 e. The molecule has 2 atom stereocenters. The third-order valence-electron chi connectivity index (χ3n) is 3.27. The van der Waals surface area contributed by atoms with Crippen LogP contribution in [0.2, 0.25) is 0 Å². The van der Waals surface area contributed by atoms with Crippen LogP contribution in [-0.2, 0) is 4.79 Å². The molecule has 1 fully saturated rings. The van der Waals surface area contributed by atoms with Gasteiger partial charge in [0.2, 0.25) is 0 Å². The fourth-order valence-electron chi connectivity index (χ4n) is 2.39. The molecule has 0 radical (unpaired) electrons. The summed E-state index contributed by atoms with van der Waals surface area (Å²) in [6, 6.07) is 0.625. The molecule has 1 aliphatic rings.